The molecule has 1 aromatic carbocycles. The van der Waals surface area contributed by atoms with Crippen LogP contribution >= 0.6 is 0 Å². The predicted molar refractivity (Wildman–Crippen MR) is 86.2 cm³/mol. The van der Waals surface area contributed by atoms with E-state index in [1.807, 2.05) is 37.5 Å². The summed E-state index contributed by atoms with van der Waals surface area (Å²) in [6.45, 7) is 5.93. The Hall–Kier alpha value is -2.81. The van der Waals surface area contributed by atoms with E-state index in [9.17, 15) is 4.79 Å². The van der Waals surface area contributed by atoms with Crippen LogP contribution in [-0.4, -0.2) is 27.8 Å². The van der Waals surface area contributed by atoms with Gasteiger partial charge in [0, 0.05) is 30.5 Å². The molecule has 0 bridgehead atoms. The van der Waals surface area contributed by atoms with Crippen molar-refractivity contribution in [2.75, 3.05) is 6.54 Å². The highest BCUT2D eigenvalue weighted by molar-refractivity contribution is 5.67. The van der Waals surface area contributed by atoms with Gasteiger partial charge < -0.3 is 14.6 Å². The van der Waals surface area contributed by atoms with Crippen molar-refractivity contribution in [1.29, 1.82) is 5.26 Å². The van der Waals surface area contributed by atoms with Gasteiger partial charge in [0.15, 0.2) is 0 Å². The van der Waals surface area contributed by atoms with Crippen LogP contribution in [0.1, 0.15) is 32.0 Å². The van der Waals surface area contributed by atoms with Gasteiger partial charge in [-0.15, -0.1) is 0 Å². The Bertz CT molecular complexity index is 705. The third-order valence-electron chi connectivity index (χ3n) is 3.04. The maximum atomic E-state index is 11.6. The van der Waals surface area contributed by atoms with E-state index in [0.29, 0.717) is 18.5 Å². The lowest BCUT2D eigenvalue weighted by molar-refractivity contribution is 0.0528. The topological polar surface area (TPSA) is 79.9 Å². The number of nitrogens with one attached hydrogen (secondary N) is 1. The van der Waals surface area contributed by atoms with E-state index in [-0.39, 0.29) is 0 Å². The molecule has 0 aliphatic carbocycles. The van der Waals surface area contributed by atoms with Crippen LogP contribution < -0.4 is 5.32 Å². The number of imidazole rings is 1. The van der Waals surface area contributed by atoms with Crippen molar-refractivity contribution in [2.24, 2.45) is 0 Å². The first-order valence-electron chi connectivity index (χ1n) is 7.37. The summed E-state index contributed by atoms with van der Waals surface area (Å²) in [6.07, 6.45) is 3.67. The minimum Gasteiger partial charge on any atom is -0.444 e. The van der Waals surface area contributed by atoms with E-state index in [1.165, 1.54) is 0 Å². The van der Waals surface area contributed by atoms with Crippen molar-refractivity contribution in [2.45, 2.75) is 32.8 Å². The Kier molecular flexibility index (Phi) is 5.02. The maximum absolute atomic E-state index is 11.6. The van der Waals surface area contributed by atoms with Gasteiger partial charge in [0.25, 0.3) is 0 Å². The average Bonchev–Trinajstić information content (AvgIpc) is 2.94. The molecule has 2 aromatic rings. The second-order valence-corrected chi connectivity index (χ2v) is 6.09. The Morgan fingerprint density at radius 1 is 1.35 bits per heavy atom. The van der Waals surface area contributed by atoms with Crippen molar-refractivity contribution in [3.8, 4) is 11.8 Å². The third kappa shape index (κ3) is 4.85. The molecule has 23 heavy (non-hydrogen) atoms. The number of rotatable bonds is 4. The van der Waals surface area contributed by atoms with E-state index < -0.39 is 11.7 Å². The molecule has 0 spiro atoms. The van der Waals surface area contributed by atoms with Crippen molar-refractivity contribution in [3.63, 3.8) is 0 Å². The van der Waals surface area contributed by atoms with Crippen LogP contribution in [0.4, 0.5) is 4.79 Å². The highest BCUT2D eigenvalue weighted by Crippen LogP contribution is 2.13. The van der Waals surface area contributed by atoms with Gasteiger partial charge in [-0.05, 0) is 45.0 Å². The SMILES string of the molecule is CC(C)(C)OC(=O)NCCc1cncn1-c1ccc(C#N)cc1. The smallest absolute Gasteiger partial charge is 0.407 e. The Morgan fingerprint density at radius 3 is 2.65 bits per heavy atom. The van der Waals surface area contributed by atoms with Crippen LogP contribution in [0.3, 0.4) is 0 Å². The molecular formula is C17H20N4O2. The van der Waals surface area contributed by atoms with Crippen molar-refractivity contribution in [1.82, 2.24) is 14.9 Å². The first-order chi connectivity index (χ1) is 10.9. The predicted octanol–water partition coefficient (Wildman–Crippen LogP) is 2.81. The van der Waals surface area contributed by atoms with Gasteiger partial charge in [0.2, 0.25) is 0 Å². The number of carbonyl (C=O) groups excluding carboxylic acids is 1. The summed E-state index contributed by atoms with van der Waals surface area (Å²) in [5.74, 6) is 0. The minimum absolute atomic E-state index is 0.429. The maximum Gasteiger partial charge on any atom is 0.407 e. The van der Waals surface area contributed by atoms with Crippen LogP contribution in [0.2, 0.25) is 0 Å². The molecule has 0 aliphatic rings. The van der Waals surface area contributed by atoms with Gasteiger partial charge in [-0.25, -0.2) is 9.78 Å². The highest BCUT2D eigenvalue weighted by atomic mass is 16.6. The van der Waals surface area contributed by atoms with Crippen LogP contribution in [0, 0.1) is 11.3 Å². The number of amides is 1. The molecule has 0 atom stereocenters. The monoisotopic (exact) mass is 312 g/mol. The second-order valence-electron chi connectivity index (χ2n) is 6.09. The quantitative estimate of drug-likeness (QED) is 0.941. The molecule has 0 aliphatic heterocycles. The molecule has 0 fully saturated rings. The number of carbonyl (C=O) groups is 1. The Balaban J connectivity index is 1.96. The summed E-state index contributed by atoms with van der Waals surface area (Å²) in [5, 5.41) is 11.6. The molecule has 120 valence electrons. The molecule has 0 saturated carbocycles. The first kappa shape index (κ1) is 16.6. The Labute approximate surface area is 135 Å². The molecule has 1 aromatic heterocycles. The van der Waals surface area contributed by atoms with E-state index in [0.717, 1.165) is 11.4 Å². The number of nitriles is 1. The fraction of sp³-hybridized carbons (Fsp3) is 0.353. The van der Waals surface area contributed by atoms with Crippen LogP contribution in [0.5, 0.6) is 0 Å². The first-order valence-corrected chi connectivity index (χ1v) is 7.37. The van der Waals surface area contributed by atoms with Crippen molar-refractivity contribution in [3.05, 3.63) is 48.0 Å². The van der Waals surface area contributed by atoms with Crippen LogP contribution in [0.15, 0.2) is 36.8 Å². The van der Waals surface area contributed by atoms with Gasteiger partial charge in [0.1, 0.15) is 5.60 Å². The van der Waals surface area contributed by atoms with Crippen LogP contribution in [-0.2, 0) is 11.2 Å². The van der Waals surface area contributed by atoms with Gasteiger partial charge in [-0.2, -0.15) is 5.26 Å². The van der Waals surface area contributed by atoms with Gasteiger partial charge in [-0.1, -0.05) is 0 Å². The largest absolute Gasteiger partial charge is 0.444 e. The Morgan fingerprint density at radius 2 is 2.04 bits per heavy atom. The number of hydrogen-bond acceptors (Lipinski definition) is 4. The molecule has 6 heteroatoms. The molecule has 1 N–H and O–H groups in total. The van der Waals surface area contributed by atoms with Gasteiger partial charge >= 0.3 is 6.09 Å². The average molecular weight is 312 g/mol. The van der Waals surface area contributed by atoms with E-state index in [4.69, 9.17) is 10.00 Å². The number of nitrogens with zero attached hydrogens (tertiary/aromatic N) is 3. The number of aromatic nitrogens is 2. The molecule has 2 rings (SSSR count). The number of hydrogen-bond donors (Lipinski definition) is 1. The summed E-state index contributed by atoms with van der Waals surface area (Å²) in [6, 6.07) is 9.35. The normalized spacial score (nSPS) is 10.9. The summed E-state index contributed by atoms with van der Waals surface area (Å²) in [4.78, 5) is 15.8. The van der Waals surface area contributed by atoms with Gasteiger partial charge in [0.05, 0.1) is 18.0 Å². The molecule has 1 heterocycles. The van der Waals surface area contributed by atoms with E-state index in [1.54, 1.807) is 24.7 Å². The molecular weight excluding hydrogens is 292 g/mol. The number of alkyl carbamates (subject to hydrolysis) is 1. The van der Waals surface area contributed by atoms with Crippen LogP contribution in [0.25, 0.3) is 5.69 Å². The fourth-order valence-electron chi connectivity index (χ4n) is 2.04. The number of benzene rings is 1. The summed E-state index contributed by atoms with van der Waals surface area (Å²) in [5.41, 5.74) is 2.00. The fourth-order valence-corrected chi connectivity index (χ4v) is 2.04. The lowest BCUT2D eigenvalue weighted by atomic mass is 10.2. The lowest BCUT2D eigenvalue weighted by Crippen LogP contribution is -2.33. The standard InChI is InChI=1S/C17H20N4O2/c1-17(2,3)23-16(22)20-9-8-15-11-19-12-21(15)14-6-4-13(10-18)5-7-14/h4-7,11-12H,8-9H2,1-3H3,(H,20,22). The van der Waals surface area contributed by atoms with E-state index in [2.05, 4.69) is 16.4 Å². The molecule has 0 unspecified atom stereocenters. The zero-order valence-corrected chi connectivity index (χ0v) is 13.5. The van der Waals surface area contributed by atoms with Gasteiger partial charge in [-0.3, -0.25) is 0 Å². The second kappa shape index (κ2) is 6.97. The zero-order valence-electron chi connectivity index (χ0n) is 13.5. The molecule has 1 amide bonds. The molecule has 0 radical (unpaired) electrons. The zero-order chi connectivity index (χ0) is 16.9. The highest BCUT2D eigenvalue weighted by Gasteiger charge is 2.15. The molecule has 0 saturated heterocycles. The molecule has 6 nitrogen and oxygen atoms in total. The lowest BCUT2D eigenvalue weighted by Gasteiger charge is -2.19. The summed E-state index contributed by atoms with van der Waals surface area (Å²) < 4.78 is 7.12. The summed E-state index contributed by atoms with van der Waals surface area (Å²) >= 11 is 0. The third-order valence-corrected chi connectivity index (χ3v) is 3.04. The van der Waals surface area contributed by atoms with E-state index >= 15 is 0 Å². The minimum atomic E-state index is -0.506. The number of ether oxygens (including phenoxy) is 1. The van der Waals surface area contributed by atoms with Crippen molar-refractivity contribution < 1.29 is 9.53 Å². The van der Waals surface area contributed by atoms with Crippen molar-refractivity contribution >= 4 is 6.09 Å². The summed E-state index contributed by atoms with van der Waals surface area (Å²) in [7, 11) is 0.